The van der Waals surface area contributed by atoms with Gasteiger partial charge in [-0.05, 0) is 36.5 Å². The largest absolute Gasteiger partial charge is 0.385 e. The quantitative estimate of drug-likeness (QED) is 0.658. The van der Waals surface area contributed by atoms with E-state index in [-0.39, 0.29) is 17.1 Å². The summed E-state index contributed by atoms with van der Waals surface area (Å²) in [7, 11) is 0. The zero-order valence-electron chi connectivity index (χ0n) is 15.1. The Bertz CT molecular complexity index is 1000. The van der Waals surface area contributed by atoms with Crippen molar-refractivity contribution in [3.8, 4) is 0 Å². The van der Waals surface area contributed by atoms with Crippen LogP contribution in [0.25, 0.3) is 0 Å². The van der Waals surface area contributed by atoms with Crippen LogP contribution in [0.4, 0.5) is 11.6 Å². The van der Waals surface area contributed by atoms with Crippen LogP contribution in [0.3, 0.4) is 0 Å². The van der Waals surface area contributed by atoms with Crippen LogP contribution in [0.15, 0.2) is 35.5 Å². The van der Waals surface area contributed by atoms with Crippen LogP contribution in [0.5, 0.6) is 0 Å². The van der Waals surface area contributed by atoms with Gasteiger partial charge in [-0.3, -0.25) is 4.79 Å². The van der Waals surface area contributed by atoms with Crippen LogP contribution in [-0.4, -0.2) is 15.8 Å². The van der Waals surface area contributed by atoms with Crippen LogP contribution in [0.1, 0.15) is 49.3 Å². The number of nitrogen functional groups attached to an aromatic ring is 1. The number of ketones is 1. The van der Waals surface area contributed by atoms with Crippen LogP contribution in [0.2, 0.25) is 0 Å². The minimum absolute atomic E-state index is 0.0819. The number of aryl methyl sites for hydroxylation is 1. The highest BCUT2D eigenvalue weighted by Crippen LogP contribution is 2.49. The fraction of sp³-hybridized carbons (Fsp3) is 0.350. The highest BCUT2D eigenvalue weighted by atomic mass is 32.1. The van der Waals surface area contributed by atoms with Crippen molar-refractivity contribution in [1.82, 2.24) is 9.97 Å². The Balaban J connectivity index is 1.98. The molecule has 1 unspecified atom stereocenters. The Hall–Kier alpha value is -2.47. The number of hydrogen-bond acceptors (Lipinski definition) is 5. The van der Waals surface area contributed by atoms with E-state index in [0.717, 1.165) is 28.8 Å². The van der Waals surface area contributed by atoms with Gasteiger partial charge in [0.1, 0.15) is 11.6 Å². The Kier molecular flexibility index (Phi) is 3.77. The molecule has 0 amide bonds. The van der Waals surface area contributed by atoms with Gasteiger partial charge in [-0.2, -0.15) is 0 Å². The van der Waals surface area contributed by atoms with Crippen LogP contribution >= 0.6 is 12.2 Å². The SMILES string of the molecule is Cc1ccc(C2C3=C(CC(C)(C)CC3=O)Nc3nc(=S)[nH]c(N)c32)cc1. The third-order valence-electron chi connectivity index (χ3n) is 5.18. The molecular weight excluding hydrogens is 344 g/mol. The molecule has 4 rings (SSSR count). The number of nitrogens with zero attached hydrogens (tertiary/aromatic N) is 1. The summed E-state index contributed by atoms with van der Waals surface area (Å²) in [5.41, 5.74) is 11.0. The van der Waals surface area contributed by atoms with Crippen LogP contribution in [0, 0.1) is 17.1 Å². The average Bonchev–Trinajstić information content (AvgIpc) is 2.52. The lowest BCUT2D eigenvalue weighted by atomic mass is 9.69. The number of H-pyrrole nitrogens is 1. The maximum absolute atomic E-state index is 13.1. The number of hydrogen-bond donors (Lipinski definition) is 3. The summed E-state index contributed by atoms with van der Waals surface area (Å²) >= 11 is 5.20. The number of rotatable bonds is 1. The van der Waals surface area contributed by atoms with Crippen molar-refractivity contribution in [3.05, 3.63) is 57.0 Å². The number of aromatic amines is 1. The molecule has 1 aromatic heterocycles. The van der Waals surface area contributed by atoms with Gasteiger partial charge in [-0.1, -0.05) is 43.7 Å². The molecule has 1 aromatic carbocycles. The first kappa shape index (κ1) is 17.0. The fourth-order valence-corrected chi connectivity index (χ4v) is 4.25. The third kappa shape index (κ3) is 2.74. The lowest BCUT2D eigenvalue weighted by Gasteiger charge is -2.39. The molecule has 0 radical (unpaired) electrons. The van der Waals surface area contributed by atoms with Gasteiger partial charge in [0.25, 0.3) is 0 Å². The number of benzene rings is 1. The smallest absolute Gasteiger partial charge is 0.200 e. The summed E-state index contributed by atoms with van der Waals surface area (Å²) in [6.45, 7) is 6.28. The van der Waals surface area contributed by atoms with E-state index in [9.17, 15) is 4.79 Å². The lowest BCUT2D eigenvalue weighted by molar-refractivity contribution is -0.118. The van der Waals surface area contributed by atoms with E-state index in [2.05, 4.69) is 53.4 Å². The molecule has 0 fully saturated rings. The summed E-state index contributed by atoms with van der Waals surface area (Å²) in [6, 6.07) is 8.24. The molecular formula is C20H22N4OS. The van der Waals surface area contributed by atoms with Crippen molar-refractivity contribution in [2.45, 2.75) is 39.5 Å². The second-order valence-corrected chi connectivity index (χ2v) is 8.41. The van der Waals surface area contributed by atoms with Crippen molar-refractivity contribution < 1.29 is 4.79 Å². The van der Waals surface area contributed by atoms with Gasteiger partial charge < -0.3 is 16.0 Å². The molecule has 0 bridgehead atoms. The number of nitrogens with one attached hydrogen (secondary N) is 2. The predicted octanol–water partition coefficient (Wildman–Crippen LogP) is 4.23. The molecule has 6 heteroatoms. The summed E-state index contributed by atoms with van der Waals surface area (Å²) in [5, 5.41) is 3.36. The van der Waals surface area contributed by atoms with E-state index in [1.807, 2.05) is 6.92 Å². The number of Topliss-reactive ketones (excluding diaryl/α,β-unsaturated/α-hetero) is 1. The van der Waals surface area contributed by atoms with Gasteiger partial charge in [-0.25, -0.2) is 4.98 Å². The molecule has 2 heterocycles. The summed E-state index contributed by atoms with van der Waals surface area (Å²) in [4.78, 5) is 20.5. The second-order valence-electron chi connectivity index (χ2n) is 8.02. The number of aromatic nitrogens is 2. The molecule has 4 N–H and O–H groups in total. The number of carbonyl (C=O) groups excluding carboxylic acids is 1. The predicted molar refractivity (Wildman–Crippen MR) is 106 cm³/mol. The van der Waals surface area contributed by atoms with Crippen LogP contribution < -0.4 is 11.1 Å². The standard InChI is InChI=1S/C20H22N4OS/c1-10-4-6-11(7-5-10)14-15-12(8-20(2,3)9-13(15)25)22-18-16(14)17(21)23-19(26)24-18/h4-7,14H,8-9H2,1-3H3,(H4,21,22,23,24,26). The molecule has 1 aliphatic heterocycles. The summed E-state index contributed by atoms with van der Waals surface area (Å²) in [6.07, 6.45) is 1.32. The van der Waals surface area contributed by atoms with Gasteiger partial charge in [0.15, 0.2) is 10.6 Å². The molecule has 134 valence electrons. The van der Waals surface area contributed by atoms with E-state index < -0.39 is 0 Å². The van der Waals surface area contributed by atoms with Gasteiger partial charge >= 0.3 is 0 Å². The molecule has 2 aliphatic rings. The Morgan fingerprint density at radius 3 is 2.62 bits per heavy atom. The van der Waals surface area contributed by atoms with Crippen molar-refractivity contribution in [1.29, 1.82) is 0 Å². The van der Waals surface area contributed by atoms with Crippen molar-refractivity contribution in [3.63, 3.8) is 0 Å². The van der Waals surface area contributed by atoms with Gasteiger partial charge in [0.05, 0.1) is 0 Å². The number of allylic oxidation sites excluding steroid dienone is 2. The first-order valence-corrected chi connectivity index (χ1v) is 9.15. The van der Waals surface area contributed by atoms with Gasteiger partial charge in [-0.15, -0.1) is 0 Å². The molecule has 2 aromatic rings. The third-order valence-corrected chi connectivity index (χ3v) is 5.37. The van der Waals surface area contributed by atoms with Gasteiger partial charge in [0.2, 0.25) is 0 Å². The van der Waals surface area contributed by atoms with E-state index in [4.69, 9.17) is 18.0 Å². The maximum Gasteiger partial charge on any atom is 0.200 e. The van der Waals surface area contributed by atoms with Crippen molar-refractivity contribution >= 4 is 29.6 Å². The van der Waals surface area contributed by atoms with Gasteiger partial charge in [0, 0.05) is 29.2 Å². The molecule has 1 aliphatic carbocycles. The van der Waals surface area contributed by atoms with E-state index >= 15 is 0 Å². The molecule has 5 nitrogen and oxygen atoms in total. The van der Waals surface area contributed by atoms with Crippen molar-refractivity contribution in [2.24, 2.45) is 5.41 Å². The van der Waals surface area contributed by atoms with E-state index in [1.54, 1.807) is 0 Å². The molecule has 1 atom stereocenters. The summed E-state index contributed by atoms with van der Waals surface area (Å²) in [5.74, 6) is 1.05. The zero-order chi connectivity index (χ0) is 18.6. The molecule has 0 saturated heterocycles. The maximum atomic E-state index is 13.1. The number of fused-ring (bicyclic) bond motifs is 1. The monoisotopic (exact) mass is 366 g/mol. The van der Waals surface area contributed by atoms with Crippen molar-refractivity contribution in [2.75, 3.05) is 11.1 Å². The number of nitrogens with two attached hydrogens (primary N) is 1. The Morgan fingerprint density at radius 1 is 1.23 bits per heavy atom. The Morgan fingerprint density at radius 2 is 1.92 bits per heavy atom. The molecule has 0 spiro atoms. The van der Waals surface area contributed by atoms with E-state index in [0.29, 0.717) is 22.8 Å². The first-order chi connectivity index (χ1) is 12.2. The molecule has 26 heavy (non-hydrogen) atoms. The normalized spacial score (nSPS) is 21.0. The first-order valence-electron chi connectivity index (χ1n) is 8.75. The second kappa shape index (κ2) is 5.77. The fourth-order valence-electron chi connectivity index (χ4n) is 4.05. The number of anilines is 2. The highest BCUT2D eigenvalue weighted by Gasteiger charge is 2.41. The summed E-state index contributed by atoms with van der Waals surface area (Å²) < 4.78 is 0.335. The number of carbonyl (C=O) groups is 1. The Labute approximate surface area is 157 Å². The minimum Gasteiger partial charge on any atom is -0.385 e. The zero-order valence-corrected chi connectivity index (χ0v) is 16.0. The average molecular weight is 366 g/mol. The van der Waals surface area contributed by atoms with E-state index in [1.165, 1.54) is 5.56 Å². The van der Waals surface area contributed by atoms with Crippen LogP contribution in [-0.2, 0) is 4.79 Å². The minimum atomic E-state index is -0.232. The molecule has 0 saturated carbocycles. The topological polar surface area (TPSA) is 83.8 Å². The lowest BCUT2D eigenvalue weighted by Crippen LogP contribution is -2.34. The highest BCUT2D eigenvalue weighted by molar-refractivity contribution is 7.71.